The lowest BCUT2D eigenvalue weighted by Gasteiger charge is -2.23. The number of alkyl halides is 3. The van der Waals surface area contributed by atoms with Gasteiger partial charge in [-0.05, 0) is 37.0 Å². The Morgan fingerprint density at radius 2 is 1.85 bits per heavy atom. The number of benzene rings is 1. The molecule has 1 aromatic carbocycles. The molecule has 110 valence electrons. The van der Waals surface area contributed by atoms with Crippen LogP contribution in [0.4, 0.5) is 13.2 Å². The van der Waals surface area contributed by atoms with Crippen LogP contribution in [-0.2, 0) is 12.6 Å². The van der Waals surface area contributed by atoms with E-state index in [0.29, 0.717) is 25.4 Å². The number of hydrogen-bond donors (Lipinski definition) is 1. The average Bonchev–Trinajstić information content (AvgIpc) is 3.13. The van der Waals surface area contributed by atoms with Gasteiger partial charge >= 0.3 is 6.18 Å². The molecule has 0 radical (unpaired) electrons. The second-order valence-corrected chi connectivity index (χ2v) is 6.05. The first-order chi connectivity index (χ1) is 9.36. The second kappa shape index (κ2) is 4.74. The Balaban J connectivity index is 1.65. The molecule has 1 aliphatic heterocycles. The van der Waals surface area contributed by atoms with E-state index in [1.165, 1.54) is 25.0 Å². The third-order valence-corrected chi connectivity index (χ3v) is 4.24. The summed E-state index contributed by atoms with van der Waals surface area (Å²) in [6.07, 6.45) is -0.767. The van der Waals surface area contributed by atoms with Crippen molar-refractivity contribution in [1.29, 1.82) is 0 Å². The van der Waals surface area contributed by atoms with Crippen LogP contribution in [0.25, 0.3) is 0 Å². The molecule has 1 heterocycles. The quantitative estimate of drug-likeness (QED) is 0.923. The molecule has 0 amide bonds. The van der Waals surface area contributed by atoms with Crippen molar-refractivity contribution in [2.24, 2.45) is 0 Å². The van der Waals surface area contributed by atoms with Gasteiger partial charge in [0.2, 0.25) is 0 Å². The van der Waals surface area contributed by atoms with Crippen molar-refractivity contribution in [3.8, 4) is 0 Å². The van der Waals surface area contributed by atoms with Gasteiger partial charge in [-0.2, -0.15) is 13.2 Å². The summed E-state index contributed by atoms with van der Waals surface area (Å²) in [7, 11) is 0. The van der Waals surface area contributed by atoms with Gasteiger partial charge in [0, 0.05) is 25.6 Å². The Kier molecular flexibility index (Phi) is 3.29. The smallest absolute Gasteiger partial charge is 0.388 e. The van der Waals surface area contributed by atoms with E-state index in [1.54, 1.807) is 0 Å². The highest BCUT2D eigenvalue weighted by molar-refractivity contribution is 5.26. The number of halogens is 3. The Bertz CT molecular complexity index is 481. The summed E-state index contributed by atoms with van der Waals surface area (Å²) in [6.45, 7) is 1.53. The van der Waals surface area contributed by atoms with E-state index in [0.717, 1.165) is 24.2 Å². The minimum Gasteiger partial charge on any atom is -0.388 e. The van der Waals surface area contributed by atoms with Crippen molar-refractivity contribution >= 4 is 0 Å². The van der Waals surface area contributed by atoms with Gasteiger partial charge in [-0.3, -0.25) is 4.90 Å². The van der Waals surface area contributed by atoms with Crippen molar-refractivity contribution in [2.75, 3.05) is 13.1 Å². The van der Waals surface area contributed by atoms with Crippen molar-refractivity contribution in [3.05, 3.63) is 35.4 Å². The summed E-state index contributed by atoms with van der Waals surface area (Å²) in [5, 5.41) is 10.6. The Hall–Kier alpha value is -1.07. The molecule has 0 aromatic heterocycles. The monoisotopic (exact) mass is 285 g/mol. The van der Waals surface area contributed by atoms with Crippen LogP contribution in [0.1, 0.15) is 30.4 Å². The Morgan fingerprint density at radius 3 is 2.40 bits per heavy atom. The first kappa shape index (κ1) is 13.9. The van der Waals surface area contributed by atoms with Gasteiger partial charge in [-0.1, -0.05) is 12.1 Å². The van der Waals surface area contributed by atoms with Crippen molar-refractivity contribution in [1.82, 2.24) is 4.90 Å². The highest BCUT2D eigenvalue weighted by Crippen LogP contribution is 2.35. The Labute approximate surface area is 116 Å². The van der Waals surface area contributed by atoms with E-state index in [9.17, 15) is 18.3 Å². The predicted molar refractivity (Wildman–Crippen MR) is 69.3 cm³/mol. The molecule has 1 saturated heterocycles. The molecule has 1 aromatic rings. The van der Waals surface area contributed by atoms with E-state index < -0.39 is 17.3 Å². The number of nitrogens with zero attached hydrogens (tertiary/aromatic N) is 1. The second-order valence-electron chi connectivity index (χ2n) is 6.05. The maximum Gasteiger partial charge on any atom is 0.416 e. The largest absolute Gasteiger partial charge is 0.416 e. The molecule has 0 bridgehead atoms. The van der Waals surface area contributed by atoms with E-state index >= 15 is 0 Å². The molecule has 3 rings (SSSR count). The van der Waals surface area contributed by atoms with E-state index in [1.807, 2.05) is 0 Å². The van der Waals surface area contributed by atoms with Gasteiger partial charge < -0.3 is 5.11 Å². The van der Waals surface area contributed by atoms with Crippen molar-refractivity contribution < 1.29 is 18.3 Å². The van der Waals surface area contributed by atoms with Gasteiger partial charge in [-0.15, -0.1) is 0 Å². The van der Waals surface area contributed by atoms with Gasteiger partial charge in [0.25, 0.3) is 0 Å². The number of β-amino-alcohol motifs (C(OH)–C–C–N with tert-alkyl or cyclic N) is 1. The van der Waals surface area contributed by atoms with Crippen LogP contribution in [0.15, 0.2) is 24.3 Å². The first-order valence-corrected chi connectivity index (χ1v) is 6.98. The van der Waals surface area contributed by atoms with Crippen LogP contribution < -0.4 is 0 Å². The first-order valence-electron chi connectivity index (χ1n) is 6.98. The fraction of sp³-hybridized carbons (Fsp3) is 0.600. The van der Waals surface area contributed by atoms with E-state index in [2.05, 4.69) is 4.90 Å². The molecule has 1 saturated carbocycles. The highest BCUT2D eigenvalue weighted by atomic mass is 19.4. The molecular weight excluding hydrogens is 267 g/mol. The molecule has 20 heavy (non-hydrogen) atoms. The third kappa shape index (κ3) is 2.99. The maximum atomic E-state index is 12.5. The van der Waals surface area contributed by atoms with E-state index in [-0.39, 0.29) is 0 Å². The third-order valence-electron chi connectivity index (χ3n) is 4.24. The summed E-state index contributed by atoms with van der Waals surface area (Å²) in [5.74, 6) is 0. The lowest BCUT2D eigenvalue weighted by molar-refractivity contribution is -0.137. The minimum atomic E-state index is -4.30. The van der Waals surface area contributed by atoms with Gasteiger partial charge in [0.05, 0.1) is 11.2 Å². The topological polar surface area (TPSA) is 23.5 Å². The van der Waals surface area contributed by atoms with Crippen molar-refractivity contribution in [3.63, 3.8) is 0 Å². The fourth-order valence-electron chi connectivity index (χ4n) is 2.98. The zero-order valence-corrected chi connectivity index (χ0v) is 11.2. The number of hydrogen-bond acceptors (Lipinski definition) is 2. The molecule has 1 N–H and O–H groups in total. The summed E-state index contributed by atoms with van der Waals surface area (Å²) in [5.41, 5.74) is -0.667. The zero-order chi connectivity index (χ0) is 14.4. The van der Waals surface area contributed by atoms with Crippen LogP contribution >= 0.6 is 0 Å². The molecule has 1 aliphatic carbocycles. The summed E-state index contributed by atoms with van der Waals surface area (Å²) < 4.78 is 37.5. The van der Waals surface area contributed by atoms with Crippen molar-refractivity contribution in [2.45, 2.75) is 43.5 Å². The van der Waals surface area contributed by atoms with Crippen LogP contribution in [0, 0.1) is 0 Å². The highest BCUT2D eigenvalue weighted by Gasteiger charge is 2.42. The summed E-state index contributed by atoms with van der Waals surface area (Å²) in [6, 6.07) is 5.75. The molecule has 1 unspecified atom stereocenters. The van der Waals surface area contributed by atoms with Gasteiger partial charge in [-0.25, -0.2) is 0 Å². The molecule has 2 aliphatic rings. The van der Waals surface area contributed by atoms with E-state index in [4.69, 9.17) is 0 Å². The maximum absolute atomic E-state index is 12.5. The van der Waals surface area contributed by atoms with Crippen LogP contribution in [0.5, 0.6) is 0 Å². The molecule has 1 atom stereocenters. The molecule has 5 heteroatoms. The molecular formula is C15H18F3NO. The fourth-order valence-corrected chi connectivity index (χ4v) is 2.98. The molecule has 0 spiro atoms. The minimum absolute atomic E-state index is 0.425. The predicted octanol–water partition coefficient (Wildman–Crippen LogP) is 2.85. The summed E-state index contributed by atoms with van der Waals surface area (Å²) >= 11 is 0. The lowest BCUT2D eigenvalue weighted by Crippen LogP contribution is -2.36. The molecule has 2 nitrogen and oxygen atoms in total. The standard InChI is InChI=1S/C15H18F3NO/c16-15(17,18)12-3-1-11(2-4-12)9-14(20)7-8-19(10-14)13-5-6-13/h1-4,13,20H,5-10H2. The van der Waals surface area contributed by atoms with Gasteiger partial charge in [0.15, 0.2) is 0 Å². The number of aliphatic hydroxyl groups is 1. The van der Waals surface area contributed by atoms with Crippen LogP contribution in [-0.4, -0.2) is 34.7 Å². The molecule has 2 fully saturated rings. The average molecular weight is 285 g/mol. The number of likely N-dealkylation sites (tertiary alicyclic amines) is 1. The lowest BCUT2D eigenvalue weighted by atomic mass is 9.93. The Morgan fingerprint density at radius 1 is 1.20 bits per heavy atom. The normalized spacial score (nSPS) is 28.0. The van der Waals surface area contributed by atoms with Crippen LogP contribution in [0.2, 0.25) is 0 Å². The summed E-state index contributed by atoms with van der Waals surface area (Å²) in [4.78, 5) is 2.30. The van der Waals surface area contributed by atoms with Crippen LogP contribution in [0.3, 0.4) is 0 Å². The number of rotatable bonds is 3. The van der Waals surface area contributed by atoms with Gasteiger partial charge in [0.1, 0.15) is 0 Å². The zero-order valence-electron chi connectivity index (χ0n) is 11.2. The SMILES string of the molecule is OC1(Cc2ccc(C(F)(F)F)cc2)CCN(C2CC2)C1.